The van der Waals surface area contributed by atoms with Crippen molar-refractivity contribution < 1.29 is 14.3 Å². The van der Waals surface area contributed by atoms with E-state index < -0.39 is 12.1 Å². The number of ether oxygens (including phenoxy) is 1. The molecule has 0 radical (unpaired) electrons. The first-order valence-corrected chi connectivity index (χ1v) is 9.22. The Balaban J connectivity index is 1.49. The van der Waals surface area contributed by atoms with E-state index in [0.29, 0.717) is 11.6 Å². The molecule has 5 heteroatoms. The monoisotopic (exact) mass is 371 g/mol. The van der Waals surface area contributed by atoms with Crippen molar-refractivity contribution in [2.45, 2.75) is 45.3 Å². The number of carbonyl (C=O) groups is 2. The third-order valence-corrected chi connectivity index (χ3v) is 4.97. The van der Waals surface area contributed by atoms with Crippen LogP contribution in [0.25, 0.3) is 0 Å². The fourth-order valence-corrected chi connectivity index (χ4v) is 3.36. The number of nitrogens with one attached hydrogen (secondary N) is 1. The van der Waals surface area contributed by atoms with E-state index in [4.69, 9.17) is 16.3 Å². The molecule has 3 rings (SSSR count). The molecule has 1 aliphatic rings. The van der Waals surface area contributed by atoms with Crippen LogP contribution in [0.1, 0.15) is 35.6 Å². The maximum absolute atomic E-state index is 12.1. The third-order valence-electron chi connectivity index (χ3n) is 4.60. The third kappa shape index (κ3) is 4.64. The molecule has 0 saturated heterocycles. The Morgan fingerprint density at radius 2 is 1.92 bits per heavy atom. The van der Waals surface area contributed by atoms with Crippen LogP contribution in [0, 0.1) is 0 Å². The van der Waals surface area contributed by atoms with Crippen LogP contribution in [0.5, 0.6) is 0 Å². The molecular formula is C21H22ClNO3. The van der Waals surface area contributed by atoms with Crippen molar-refractivity contribution in [3.8, 4) is 0 Å². The maximum Gasteiger partial charge on any atom is 0.311 e. The summed E-state index contributed by atoms with van der Waals surface area (Å²) in [5.41, 5.74) is 4.44. The van der Waals surface area contributed by atoms with Crippen molar-refractivity contribution in [1.82, 2.24) is 5.32 Å². The van der Waals surface area contributed by atoms with Crippen molar-refractivity contribution in [3.63, 3.8) is 0 Å². The summed E-state index contributed by atoms with van der Waals surface area (Å²) < 4.78 is 5.27. The minimum atomic E-state index is -0.848. The molecular weight excluding hydrogens is 350 g/mol. The summed E-state index contributed by atoms with van der Waals surface area (Å²) in [5.74, 6) is -0.740. The first kappa shape index (κ1) is 18.5. The van der Waals surface area contributed by atoms with E-state index in [1.54, 1.807) is 13.0 Å². The number of hydrogen-bond acceptors (Lipinski definition) is 3. The van der Waals surface area contributed by atoms with Gasteiger partial charge in [-0.1, -0.05) is 48.0 Å². The van der Waals surface area contributed by atoms with Gasteiger partial charge >= 0.3 is 5.97 Å². The summed E-state index contributed by atoms with van der Waals surface area (Å²) in [6.07, 6.45) is 2.68. The number of amides is 1. The van der Waals surface area contributed by atoms with Crippen LogP contribution in [0.3, 0.4) is 0 Å². The smallest absolute Gasteiger partial charge is 0.311 e. The van der Waals surface area contributed by atoms with Gasteiger partial charge in [0.15, 0.2) is 6.10 Å². The molecule has 0 spiro atoms. The molecule has 1 atom stereocenters. The quantitative estimate of drug-likeness (QED) is 0.789. The molecule has 26 heavy (non-hydrogen) atoms. The van der Waals surface area contributed by atoms with Crippen molar-refractivity contribution >= 4 is 23.5 Å². The summed E-state index contributed by atoms with van der Waals surface area (Å²) >= 11 is 6.07. The number of halogens is 1. The Kier molecular flexibility index (Phi) is 5.94. The van der Waals surface area contributed by atoms with Crippen LogP contribution in [0.15, 0.2) is 42.5 Å². The van der Waals surface area contributed by atoms with E-state index in [0.717, 1.165) is 24.0 Å². The molecule has 136 valence electrons. The number of rotatable bonds is 6. The molecule has 0 aliphatic heterocycles. The molecule has 0 bridgehead atoms. The van der Waals surface area contributed by atoms with Crippen LogP contribution in [0.2, 0.25) is 5.02 Å². The molecule has 2 aromatic carbocycles. The van der Waals surface area contributed by atoms with E-state index in [1.165, 1.54) is 17.5 Å². The summed E-state index contributed by atoms with van der Waals surface area (Å²) in [6.45, 7) is 1.87. The highest BCUT2D eigenvalue weighted by molar-refractivity contribution is 6.31. The number of fused-ring (bicyclic) bond motifs is 1. The van der Waals surface area contributed by atoms with Crippen LogP contribution >= 0.6 is 11.6 Å². The van der Waals surface area contributed by atoms with Gasteiger partial charge < -0.3 is 10.1 Å². The zero-order valence-electron chi connectivity index (χ0n) is 14.8. The average molecular weight is 372 g/mol. The van der Waals surface area contributed by atoms with Crippen LogP contribution in [0.4, 0.5) is 0 Å². The van der Waals surface area contributed by atoms with E-state index >= 15 is 0 Å². The second kappa shape index (κ2) is 8.37. The first-order chi connectivity index (χ1) is 12.5. The highest BCUT2D eigenvalue weighted by Gasteiger charge is 2.19. The normalized spacial score (nSPS) is 13.8. The molecule has 0 heterocycles. The summed E-state index contributed by atoms with van der Waals surface area (Å²) in [6, 6.07) is 13.4. The highest BCUT2D eigenvalue weighted by Crippen LogP contribution is 2.23. The van der Waals surface area contributed by atoms with Crippen molar-refractivity contribution in [3.05, 3.63) is 69.7 Å². The second-order valence-corrected chi connectivity index (χ2v) is 6.98. The standard InChI is InChI=1S/C21H22ClNO3/c1-14(21(25)23-13-18-5-2-3-8-19(18)22)26-20(24)12-15-9-10-16-6-4-7-17(16)11-15/h2-3,5,8-11,14H,4,6-7,12-13H2,1H3,(H,23,25)/t14-/m1/s1. The SMILES string of the molecule is C[C@@H](OC(=O)Cc1ccc2c(c1)CCC2)C(=O)NCc1ccccc1Cl. The molecule has 0 unspecified atom stereocenters. The molecule has 1 amide bonds. The van der Waals surface area contributed by atoms with E-state index in [1.807, 2.05) is 24.3 Å². The largest absolute Gasteiger partial charge is 0.452 e. The number of aryl methyl sites for hydroxylation is 2. The molecule has 4 nitrogen and oxygen atoms in total. The topological polar surface area (TPSA) is 55.4 Å². The molecule has 1 N–H and O–H groups in total. The predicted molar refractivity (Wildman–Crippen MR) is 101 cm³/mol. The van der Waals surface area contributed by atoms with Crippen molar-refractivity contribution in [2.24, 2.45) is 0 Å². The van der Waals surface area contributed by atoms with Crippen LogP contribution in [-0.4, -0.2) is 18.0 Å². The van der Waals surface area contributed by atoms with Gasteiger partial charge in [-0.05, 0) is 54.5 Å². The van der Waals surface area contributed by atoms with Gasteiger partial charge in [0.25, 0.3) is 5.91 Å². The summed E-state index contributed by atoms with van der Waals surface area (Å²) in [4.78, 5) is 24.3. The maximum atomic E-state index is 12.1. The van der Waals surface area contributed by atoms with Gasteiger partial charge in [-0.2, -0.15) is 0 Å². The fourth-order valence-electron chi connectivity index (χ4n) is 3.16. The van der Waals surface area contributed by atoms with Gasteiger partial charge in [0.05, 0.1) is 6.42 Å². The molecule has 2 aromatic rings. The minimum absolute atomic E-state index is 0.176. The Labute approximate surface area is 158 Å². The number of esters is 1. The fraction of sp³-hybridized carbons (Fsp3) is 0.333. The number of carbonyl (C=O) groups excluding carboxylic acids is 2. The number of hydrogen-bond donors (Lipinski definition) is 1. The lowest BCUT2D eigenvalue weighted by Crippen LogP contribution is -2.35. The zero-order chi connectivity index (χ0) is 18.5. The molecule has 0 saturated carbocycles. The Morgan fingerprint density at radius 1 is 1.15 bits per heavy atom. The van der Waals surface area contributed by atoms with Gasteiger partial charge in [0, 0.05) is 11.6 Å². The van der Waals surface area contributed by atoms with Gasteiger partial charge in [-0.25, -0.2) is 0 Å². The lowest BCUT2D eigenvalue weighted by molar-refractivity contribution is -0.154. The number of benzene rings is 2. The summed E-state index contributed by atoms with van der Waals surface area (Å²) in [5, 5.41) is 3.33. The molecule has 0 fully saturated rings. The van der Waals surface area contributed by atoms with E-state index in [2.05, 4.69) is 17.4 Å². The van der Waals surface area contributed by atoms with E-state index in [-0.39, 0.29) is 12.3 Å². The zero-order valence-corrected chi connectivity index (χ0v) is 15.5. The van der Waals surface area contributed by atoms with Crippen LogP contribution in [-0.2, 0) is 40.1 Å². The average Bonchev–Trinajstić information content (AvgIpc) is 3.08. The lowest BCUT2D eigenvalue weighted by Gasteiger charge is -2.14. The Morgan fingerprint density at radius 3 is 2.73 bits per heavy atom. The highest BCUT2D eigenvalue weighted by atomic mass is 35.5. The Bertz CT molecular complexity index is 819. The lowest BCUT2D eigenvalue weighted by atomic mass is 10.0. The second-order valence-electron chi connectivity index (χ2n) is 6.57. The van der Waals surface area contributed by atoms with E-state index in [9.17, 15) is 9.59 Å². The minimum Gasteiger partial charge on any atom is -0.452 e. The Hall–Kier alpha value is -2.33. The molecule has 0 aromatic heterocycles. The van der Waals surface area contributed by atoms with Crippen molar-refractivity contribution in [1.29, 1.82) is 0 Å². The predicted octanol–water partition coefficient (Wildman–Crippen LogP) is 3.62. The molecule has 1 aliphatic carbocycles. The van der Waals surface area contributed by atoms with Gasteiger partial charge in [0.1, 0.15) is 0 Å². The van der Waals surface area contributed by atoms with Gasteiger partial charge in [-0.3, -0.25) is 9.59 Å². The summed E-state index contributed by atoms with van der Waals surface area (Å²) in [7, 11) is 0. The van der Waals surface area contributed by atoms with Gasteiger partial charge in [0.2, 0.25) is 0 Å². The van der Waals surface area contributed by atoms with Crippen LogP contribution < -0.4 is 5.32 Å². The van der Waals surface area contributed by atoms with Crippen molar-refractivity contribution in [2.75, 3.05) is 0 Å². The van der Waals surface area contributed by atoms with Gasteiger partial charge in [-0.15, -0.1) is 0 Å². The first-order valence-electron chi connectivity index (χ1n) is 8.84.